The molecule has 1 fully saturated rings. The van der Waals surface area contributed by atoms with Crippen molar-refractivity contribution in [1.29, 1.82) is 0 Å². The first-order valence-corrected chi connectivity index (χ1v) is 6.49. The molecule has 2 rings (SSSR count). The van der Waals surface area contributed by atoms with Gasteiger partial charge in [0.1, 0.15) is 17.2 Å². The van der Waals surface area contributed by atoms with Crippen LogP contribution in [0.3, 0.4) is 0 Å². The van der Waals surface area contributed by atoms with E-state index in [0.717, 1.165) is 31.9 Å². The number of aromatic carboxylic acids is 1. The van der Waals surface area contributed by atoms with E-state index in [2.05, 4.69) is 27.1 Å². The van der Waals surface area contributed by atoms with Crippen LogP contribution in [0.2, 0.25) is 0 Å². The van der Waals surface area contributed by atoms with E-state index in [-0.39, 0.29) is 17.4 Å². The standard InChI is InChI=1S/C13H19FN4O2/c1-17-3-4-18(2)10(8-17)7-16-12-11(13(19)20)5-9(14)6-15-12/h5-6,10H,3-4,7-8H2,1-2H3,(H,15,16)(H,19,20). The second-order valence-electron chi connectivity index (χ2n) is 5.13. The minimum absolute atomic E-state index is 0.142. The molecule has 0 saturated carbocycles. The average molecular weight is 282 g/mol. The number of carboxylic acids is 1. The van der Waals surface area contributed by atoms with E-state index >= 15 is 0 Å². The number of likely N-dealkylation sites (N-methyl/N-ethyl adjacent to an activating group) is 2. The zero-order chi connectivity index (χ0) is 14.7. The molecule has 0 amide bonds. The molecule has 1 aromatic rings. The number of rotatable bonds is 4. The molecular formula is C13H19FN4O2. The largest absolute Gasteiger partial charge is 0.478 e. The first kappa shape index (κ1) is 14.7. The van der Waals surface area contributed by atoms with Crippen LogP contribution in [0.25, 0.3) is 0 Å². The zero-order valence-electron chi connectivity index (χ0n) is 11.6. The van der Waals surface area contributed by atoms with Crippen molar-refractivity contribution < 1.29 is 14.3 Å². The molecule has 110 valence electrons. The number of nitrogens with one attached hydrogen (secondary N) is 1. The molecule has 7 heteroatoms. The number of hydrogen-bond acceptors (Lipinski definition) is 5. The third-order valence-electron chi connectivity index (χ3n) is 3.57. The van der Waals surface area contributed by atoms with Gasteiger partial charge in [0.25, 0.3) is 0 Å². The van der Waals surface area contributed by atoms with Crippen molar-refractivity contribution in [3.05, 3.63) is 23.6 Å². The summed E-state index contributed by atoms with van der Waals surface area (Å²) in [5.74, 6) is -1.63. The van der Waals surface area contributed by atoms with Crippen molar-refractivity contribution in [3.63, 3.8) is 0 Å². The van der Waals surface area contributed by atoms with Gasteiger partial charge in [0.15, 0.2) is 0 Å². The molecule has 1 unspecified atom stereocenters. The summed E-state index contributed by atoms with van der Waals surface area (Å²) in [6.07, 6.45) is 1.02. The lowest BCUT2D eigenvalue weighted by molar-refractivity contribution is 0.0697. The second-order valence-corrected chi connectivity index (χ2v) is 5.13. The molecular weight excluding hydrogens is 263 g/mol. The lowest BCUT2D eigenvalue weighted by Crippen LogP contribution is -2.52. The van der Waals surface area contributed by atoms with Crippen LogP contribution < -0.4 is 5.32 Å². The molecule has 20 heavy (non-hydrogen) atoms. The Labute approximate surface area is 117 Å². The van der Waals surface area contributed by atoms with Gasteiger partial charge in [-0.15, -0.1) is 0 Å². The molecule has 1 saturated heterocycles. The quantitative estimate of drug-likeness (QED) is 0.842. The summed E-state index contributed by atoms with van der Waals surface area (Å²) in [7, 11) is 4.09. The number of carboxylic acid groups (broad SMARTS) is 1. The van der Waals surface area contributed by atoms with E-state index in [1.165, 1.54) is 0 Å². The number of halogens is 1. The van der Waals surface area contributed by atoms with Gasteiger partial charge in [-0.05, 0) is 20.2 Å². The van der Waals surface area contributed by atoms with Crippen LogP contribution in [0.4, 0.5) is 10.2 Å². The minimum atomic E-state index is -1.19. The number of hydrogen-bond donors (Lipinski definition) is 2. The summed E-state index contributed by atoms with van der Waals surface area (Å²) < 4.78 is 13.0. The maximum Gasteiger partial charge on any atom is 0.339 e. The Morgan fingerprint density at radius 2 is 2.30 bits per heavy atom. The number of piperazine rings is 1. The highest BCUT2D eigenvalue weighted by Crippen LogP contribution is 2.15. The van der Waals surface area contributed by atoms with E-state index in [1.807, 2.05) is 7.05 Å². The second kappa shape index (κ2) is 6.15. The van der Waals surface area contributed by atoms with Crippen LogP contribution in [0.5, 0.6) is 0 Å². The minimum Gasteiger partial charge on any atom is -0.478 e. The van der Waals surface area contributed by atoms with Crippen LogP contribution >= 0.6 is 0 Å². The molecule has 0 spiro atoms. The van der Waals surface area contributed by atoms with E-state index in [1.54, 1.807) is 0 Å². The van der Waals surface area contributed by atoms with Gasteiger partial charge in [-0.1, -0.05) is 0 Å². The Morgan fingerprint density at radius 1 is 1.55 bits per heavy atom. The van der Waals surface area contributed by atoms with Crippen LogP contribution in [0, 0.1) is 5.82 Å². The predicted octanol–water partition coefficient (Wildman–Crippen LogP) is 0.577. The third-order valence-corrected chi connectivity index (χ3v) is 3.57. The van der Waals surface area contributed by atoms with Gasteiger partial charge in [-0.25, -0.2) is 14.2 Å². The molecule has 0 bridgehead atoms. The van der Waals surface area contributed by atoms with Gasteiger partial charge in [0, 0.05) is 32.2 Å². The number of aromatic nitrogens is 1. The number of carbonyl (C=O) groups is 1. The highest BCUT2D eigenvalue weighted by Gasteiger charge is 2.22. The van der Waals surface area contributed by atoms with E-state index in [4.69, 9.17) is 5.11 Å². The summed E-state index contributed by atoms with van der Waals surface area (Å²) in [5.41, 5.74) is -0.142. The fraction of sp³-hybridized carbons (Fsp3) is 0.538. The average Bonchev–Trinajstić information content (AvgIpc) is 2.40. The van der Waals surface area contributed by atoms with Crippen molar-refractivity contribution in [1.82, 2.24) is 14.8 Å². The normalized spacial score (nSPS) is 20.9. The third kappa shape index (κ3) is 3.43. The Kier molecular flexibility index (Phi) is 4.51. The van der Waals surface area contributed by atoms with Gasteiger partial charge in [-0.3, -0.25) is 4.90 Å². The molecule has 1 aliphatic rings. The van der Waals surface area contributed by atoms with Crippen molar-refractivity contribution in [3.8, 4) is 0 Å². The summed E-state index contributed by atoms with van der Waals surface area (Å²) >= 11 is 0. The topological polar surface area (TPSA) is 68.7 Å². The Hall–Kier alpha value is -1.73. The smallest absolute Gasteiger partial charge is 0.339 e. The highest BCUT2D eigenvalue weighted by molar-refractivity contribution is 5.93. The van der Waals surface area contributed by atoms with E-state index < -0.39 is 11.8 Å². The molecule has 2 N–H and O–H groups in total. The van der Waals surface area contributed by atoms with Crippen molar-refractivity contribution >= 4 is 11.8 Å². The Bertz CT molecular complexity index is 497. The summed E-state index contributed by atoms with van der Waals surface area (Å²) in [5, 5.41) is 12.1. The zero-order valence-corrected chi connectivity index (χ0v) is 11.6. The van der Waals surface area contributed by atoms with E-state index in [0.29, 0.717) is 6.54 Å². The molecule has 6 nitrogen and oxygen atoms in total. The van der Waals surface area contributed by atoms with Crippen LogP contribution in [0.1, 0.15) is 10.4 Å². The SMILES string of the molecule is CN1CCN(C)C(CNc2ncc(F)cc2C(=O)O)C1. The fourth-order valence-corrected chi connectivity index (χ4v) is 2.28. The summed E-state index contributed by atoms with van der Waals surface area (Å²) in [6.45, 7) is 3.44. The molecule has 1 aromatic heterocycles. The van der Waals surface area contributed by atoms with Crippen molar-refractivity contribution in [2.45, 2.75) is 6.04 Å². The number of anilines is 1. The molecule has 2 heterocycles. The molecule has 0 aliphatic carbocycles. The number of nitrogens with zero attached hydrogens (tertiary/aromatic N) is 3. The van der Waals surface area contributed by atoms with Gasteiger partial charge < -0.3 is 15.3 Å². The lowest BCUT2D eigenvalue weighted by Gasteiger charge is -2.37. The van der Waals surface area contributed by atoms with E-state index in [9.17, 15) is 9.18 Å². The Morgan fingerprint density at radius 3 is 3.00 bits per heavy atom. The lowest BCUT2D eigenvalue weighted by atomic mass is 10.2. The predicted molar refractivity (Wildman–Crippen MR) is 73.6 cm³/mol. The molecule has 0 aromatic carbocycles. The van der Waals surface area contributed by atoms with Gasteiger partial charge >= 0.3 is 5.97 Å². The van der Waals surface area contributed by atoms with Gasteiger partial charge in [-0.2, -0.15) is 0 Å². The summed E-state index contributed by atoms with van der Waals surface area (Å²) in [6, 6.07) is 1.25. The maximum atomic E-state index is 13.0. The van der Waals surface area contributed by atoms with Crippen LogP contribution in [0.15, 0.2) is 12.3 Å². The Balaban J connectivity index is 2.05. The van der Waals surface area contributed by atoms with Crippen molar-refractivity contribution in [2.75, 3.05) is 45.6 Å². The maximum absolute atomic E-state index is 13.0. The van der Waals surface area contributed by atoms with Crippen LogP contribution in [-0.4, -0.2) is 72.2 Å². The monoisotopic (exact) mass is 282 g/mol. The first-order valence-electron chi connectivity index (χ1n) is 6.49. The number of pyridine rings is 1. The fourth-order valence-electron chi connectivity index (χ4n) is 2.28. The highest BCUT2D eigenvalue weighted by atomic mass is 19.1. The van der Waals surface area contributed by atoms with Crippen LogP contribution in [-0.2, 0) is 0 Å². The molecule has 1 atom stereocenters. The van der Waals surface area contributed by atoms with Gasteiger partial charge in [0.05, 0.1) is 6.20 Å². The molecule has 0 radical (unpaired) electrons. The first-order chi connectivity index (χ1) is 9.47. The van der Waals surface area contributed by atoms with Gasteiger partial charge in [0.2, 0.25) is 0 Å². The summed E-state index contributed by atoms with van der Waals surface area (Å²) in [4.78, 5) is 19.3. The van der Waals surface area contributed by atoms with Crippen molar-refractivity contribution in [2.24, 2.45) is 0 Å². The molecule has 1 aliphatic heterocycles.